The fourth-order valence-electron chi connectivity index (χ4n) is 2.60. The van der Waals surface area contributed by atoms with E-state index >= 15 is 0 Å². The zero-order chi connectivity index (χ0) is 22.0. The van der Waals surface area contributed by atoms with Crippen molar-refractivity contribution in [2.24, 2.45) is 11.7 Å². The van der Waals surface area contributed by atoms with Crippen molar-refractivity contribution in [2.75, 3.05) is 6.54 Å². The third-order valence-electron chi connectivity index (χ3n) is 4.09. The lowest BCUT2D eigenvalue weighted by atomic mass is 10.0. The molecule has 0 spiro atoms. The van der Waals surface area contributed by atoms with E-state index in [9.17, 15) is 24.3 Å². The average molecular weight is 406 g/mol. The Kier molecular flexibility index (Phi) is 9.81. The molecule has 0 fully saturated rings. The Labute approximate surface area is 170 Å². The molecule has 9 heteroatoms. The molecule has 0 bridgehead atoms. The average Bonchev–Trinajstić information content (AvgIpc) is 2.65. The summed E-state index contributed by atoms with van der Waals surface area (Å²) in [6, 6.07) is 6.13. The maximum absolute atomic E-state index is 12.7. The highest BCUT2D eigenvalue weighted by atomic mass is 16.4. The topological polar surface area (TPSA) is 151 Å². The van der Waals surface area contributed by atoms with Crippen LogP contribution in [-0.4, -0.2) is 53.5 Å². The molecule has 0 unspecified atom stereocenters. The molecule has 1 aromatic carbocycles. The van der Waals surface area contributed by atoms with Crippen LogP contribution in [0.2, 0.25) is 0 Å². The van der Waals surface area contributed by atoms with E-state index < -0.39 is 41.8 Å². The van der Waals surface area contributed by atoms with Crippen molar-refractivity contribution in [1.29, 1.82) is 0 Å². The molecule has 0 aliphatic carbocycles. The van der Waals surface area contributed by atoms with Gasteiger partial charge in [-0.15, -0.1) is 0 Å². The zero-order valence-corrected chi connectivity index (χ0v) is 17.0. The first-order valence-corrected chi connectivity index (χ1v) is 9.49. The quantitative estimate of drug-likeness (QED) is 0.343. The largest absolute Gasteiger partial charge is 0.480 e. The Bertz CT molecular complexity index is 706. The standard InChI is InChI=1S/C20H30N4O5/c1-12(2)9-15(23-17(25)11-22-18(26)13(3)21)19(27)24-16(20(28)29)10-14-7-5-4-6-8-14/h4-8,12-13,15-16H,9-11,21H2,1-3H3,(H,22,26)(H,23,25)(H,24,27)(H,28,29)/t13-,15-,16-/m0/s1. The van der Waals surface area contributed by atoms with Gasteiger partial charge in [-0.1, -0.05) is 44.2 Å². The van der Waals surface area contributed by atoms with Gasteiger partial charge in [0.15, 0.2) is 0 Å². The Balaban J connectivity index is 2.76. The van der Waals surface area contributed by atoms with E-state index in [1.54, 1.807) is 24.3 Å². The summed E-state index contributed by atoms with van der Waals surface area (Å²) in [7, 11) is 0. The molecule has 0 saturated carbocycles. The number of carbonyl (C=O) groups excluding carboxylic acids is 3. The van der Waals surface area contributed by atoms with Crippen LogP contribution in [-0.2, 0) is 25.6 Å². The van der Waals surface area contributed by atoms with Gasteiger partial charge in [0.25, 0.3) is 0 Å². The van der Waals surface area contributed by atoms with Crippen LogP contribution in [0.5, 0.6) is 0 Å². The molecule has 3 atom stereocenters. The normalized spacial score (nSPS) is 13.8. The molecule has 1 rings (SSSR count). The maximum Gasteiger partial charge on any atom is 0.326 e. The molecule has 9 nitrogen and oxygen atoms in total. The maximum atomic E-state index is 12.7. The van der Waals surface area contributed by atoms with Crippen LogP contribution in [0.3, 0.4) is 0 Å². The molecule has 0 radical (unpaired) electrons. The lowest BCUT2D eigenvalue weighted by Gasteiger charge is -2.23. The number of benzene rings is 1. The third-order valence-corrected chi connectivity index (χ3v) is 4.09. The minimum atomic E-state index is -1.17. The van der Waals surface area contributed by atoms with Crippen molar-refractivity contribution < 1.29 is 24.3 Å². The second-order valence-corrected chi connectivity index (χ2v) is 7.35. The van der Waals surface area contributed by atoms with Gasteiger partial charge in [0.2, 0.25) is 17.7 Å². The first-order valence-electron chi connectivity index (χ1n) is 9.49. The van der Waals surface area contributed by atoms with Gasteiger partial charge in [-0.2, -0.15) is 0 Å². The van der Waals surface area contributed by atoms with Gasteiger partial charge in [-0.3, -0.25) is 14.4 Å². The van der Waals surface area contributed by atoms with Gasteiger partial charge in [0, 0.05) is 6.42 Å². The molecule has 3 amide bonds. The van der Waals surface area contributed by atoms with Gasteiger partial charge in [-0.05, 0) is 24.8 Å². The van der Waals surface area contributed by atoms with Crippen molar-refractivity contribution in [3.8, 4) is 0 Å². The second-order valence-electron chi connectivity index (χ2n) is 7.35. The van der Waals surface area contributed by atoms with Crippen molar-refractivity contribution in [3.63, 3.8) is 0 Å². The number of nitrogens with one attached hydrogen (secondary N) is 3. The Morgan fingerprint density at radius 2 is 1.59 bits per heavy atom. The molecular formula is C20H30N4O5. The fraction of sp³-hybridized carbons (Fsp3) is 0.500. The summed E-state index contributed by atoms with van der Waals surface area (Å²) in [5.74, 6) is -2.73. The number of carbonyl (C=O) groups is 4. The molecule has 6 N–H and O–H groups in total. The summed E-state index contributed by atoms with van der Waals surface area (Å²) in [5, 5.41) is 16.9. The van der Waals surface area contributed by atoms with E-state index in [2.05, 4.69) is 16.0 Å². The Hall–Kier alpha value is -2.94. The number of aliphatic carboxylic acids is 1. The highest BCUT2D eigenvalue weighted by Crippen LogP contribution is 2.08. The fourth-order valence-corrected chi connectivity index (χ4v) is 2.60. The highest BCUT2D eigenvalue weighted by Gasteiger charge is 2.27. The molecule has 160 valence electrons. The Morgan fingerprint density at radius 3 is 2.10 bits per heavy atom. The molecule has 0 saturated heterocycles. The minimum Gasteiger partial charge on any atom is -0.480 e. The van der Waals surface area contributed by atoms with E-state index in [0.717, 1.165) is 5.56 Å². The monoisotopic (exact) mass is 406 g/mol. The number of hydrogen-bond acceptors (Lipinski definition) is 5. The van der Waals surface area contributed by atoms with Gasteiger partial charge >= 0.3 is 5.97 Å². The molecule has 0 aromatic heterocycles. The van der Waals surface area contributed by atoms with Gasteiger partial charge in [-0.25, -0.2) is 4.79 Å². The van der Waals surface area contributed by atoms with Gasteiger partial charge in [0.05, 0.1) is 12.6 Å². The van der Waals surface area contributed by atoms with Crippen LogP contribution >= 0.6 is 0 Å². The number of nitrogens with two attached hydrogens (primary N) is 1. The van der Waals surface area contributed by atoms with E-state index in [1.807, 2.05) is 19.9 Å². The number of hydrogen-bond donors (Lipinski definition) is 5. The first kappa shape index (κ1) is 24.1. The molecule has 29 heavy (non-hydrogen) atoms. The predicted octanol–water partition coefficient (Wildman–Crippen LogP) is -0.207. The van der Waals surface area contributed by atoms with Crippen LogP contribution in [0.1, 0.15) is 32.8 Å². The van der Waals surface area contributed by atoms with E-state index in [-0.39, 0.29) is 18.9 Å². The summed E-state index contributed by atoms with van der Waals surface area (Å²) < 4.78 is 0. The van der Waals surface area contributed by atoms with Crippen molar-refractivity contribution in [2.45, 2.75) is 51.7 Å². The molecule has 0 aliphatic rings. The van der Waals surface area contributed by atoms with Crippen molar-refractivity contribution in [1.82, 2.24) is 16.0 Å². The summed E-state index contributed by atoms with van der Waals surface area (Å²) in [6.45, 7) is 4.92. The minimum absolute atomic E-state index is 0.0714. The van der Waals surface area contributed by atoms with Gasteiger partial charge in [0.1, 0.15) is 12.1 Å². The van der Waals surface area contributed by atoms with Gasteiger partial charge < -0.3 is 26.8 Å². The van der Waals surface area contributed by atoms with Crippen LogP contribution < -0.4 is 21.7 Å². The van der Waals surface area contributed by atoms with Crippen molar-refractivity contribution >= 4 is 23.7 Å². The van der Waals surface area contributed by atoms with Crippen LogP contribution in [0, 0.1) is 5.92 Å². The smallest absolute Gasteiger partial charge is 0.326 e. The predicted molar refractivity (Wildman–Crippen MR) is 108 cm³/mol. The lowest BCUT2D eigenvalue weighted by molar-refractivity contribution is -0.142. The van der Waals surface area contributed by atoms with Crippen LogP contribution in [0.4, 0.5) is 0 Å². The highest BCUT2D eigenvalue weighted by molar-refractivity contribution is 5.92. The summed E-state index contributed by atoms with van der Waals surface area (Å²) in [4.78, 5) is 47.8. The number of amides is 3. The third kappa shape index (κ3) is 9.20. The molecule has 0 heterocycles. The summed E-state index contributed by atoms with van der Waals surface area (Å²) in [5.41, 5.74) is 6.19. The second kappa shape index (κ2) is 11.8. The summed E-state index contributed by atoms with van der Waals surface area (Å²) >= 11 is 0. The molecule has 1 aromatic rings. The first-order chi connectivity index (χ1) is 13.6. The number of carboxylic acid groups (broad SMARTS) is 1. The van der Waals surface area contributed by atoms with Crippen molar-refractivity contribution in [3.05, 3.63) is 35.9 Å². The van der Waals surface area contributed by atoms with E-state index in [4.69, 9.17) is 5.73 Å². The molecular weight excluding hydrogens is 376 g/mol. The van der Waals surface area contributed by atoms with Crippen LogP contribution in [0.25, 0.3) is 0 Å². The Morgan fingerprint density at radius 1 is 0.966 bits per heavy atom. The van der Waals surface area contributed by atoms with E-state index in [1.165, 1.54) is 6.92 Å². The molecule has 0 aliphatic heterocycles. The van der Waals surface area contributed by atoms with Crippen LogP contribution in [0.15, 0.2) is 30.3 Å². The SMILES string of the molecule is CC(C)C[C@H](NC(=O)CNC(=O)[C@H](C)N)C(=O)N[C@@H](Cc1ccccc1)C(=O)O. The van der Waals surface area contributed by atoms with E-state index in [0.29, 0.717) is 6.42 Å². The lowest BCUT2D eigenvalue weighted by Crippen LogP contribution is -2.54. The number of rotatable bonds is 11. The summed E-state index contributed by atoms with van der Waals surface area (Å²) in [6.07, 6.45) is 0.436. The number of carboxylic acids is 1. The zero-order valence-electron chi connectivity index (χ0n) is 17.0.